The van der Waals surface area contributed by atoms with Crippen LogP contribution in [0.4, 0.5) is 11.6 Å². The van der Waals surface area contributed by atoms with Gasteiger partial charge in [-0.25, -0.2) is 15.0 Å². The maximum atomic E-state index is 5.58. The molecule has 0 bridgehead atoms. The van der Waals surface area contributed by atoms with E-state index in [1.54, 1.807) is 20.4 Å². The van der Waals surface area contributed by atoms with Crippen molar-refractivity contribution in [3.63, 3.8) is 0 Å². The van der Waals surface area contributed by atoms with E-state index in [1.165, 1.54) is 5.56 Å². The molecule has 0 spiro atoms. The van der Waals surface area contributed by atoms with Crippen LogP contribution in [0.15, 0.2) is 60.9 Å². The van der Waals surface area contributed by atoms with Crippen molar-refractivity contribution in [3.8, 4) is 22.9 Å². The van der Waals surface area contributed by atoms with Crippen LogP contribution in [0, 0.1) is 6.92 Å². The number of methoxy groups -OCH3 is 2. The summed E-state index contributed by atoms with van der Waals surface area (Å²) < 4.78 is 10.9. The van der Waals surface area contributed by atoms with E-state index in [1.807, 2.05) is 49.5 Å². The van der Waals surface area contributed by atoms with E-state index in [0.29, 0.717) is 17.6 Å². The van der Waals surface area contributed by atoms with Crippen LogP contribution in [0.2, 0.25) is 0 Å². The molecule has 0 saturated carbocycles. The van der Waals surface area contributed by atoms with Crippen molar-refractivity contribution >= 4 is 11.6 Å². The fraction of sp³-hybridized carbons (Fsp3) is 0.240. The fourth-order valence-electron chi connectivity index (χ4n) is 3.59. The molecular weight excluding hydrogens is 402 g/mol. The largest absolute Gasteiger partial charge is 0.497 e. The summed E-state index contributed by atoms with van der Waals surface area (Å²) in [6.45, 7) is 4.13. The number of aryl methyl sites for hydroxylation is 1. The molecule has 0 aliphatic carbocycles. The second-order valence-corrected chi connectivity index (χ2v) is 7.68. The van der Waals surface area contributed by atoms with Gasteiger partial charge < -0.3 is 19.8 Å². The Hall–Kier alpha value is -3.87. The quantitative estimate of drug-likeness (QED) is 0.396. The standard InChI is InChI=1S/C25H27N5O2/c1-16(18-6-5-7-21(13-18)31-3)12-20-10-11-26-25(30-20)29-19-8-9-22(23(14-19)32-4)24-27-15-17(2)28-24/h5-11,13-16H,12H2,1-4H3,(H,27,28)(H,26,29,30). The number of hydrogen-bond donors (Lipinski definition) is 2. The highest BCUT2D eigenvalue weighted by molar-refractivity contribution is 5.70. The second-order valence-electron chi connectivity index (χ2n) is 7.68. The highest BCUT2D eigenvalue weighted by Crippen LogP contribution is 2.31. The summed E-state index contributed by atoms with van der Waals surface area (Å²) in [5.41, 5.74) is 4.84. The number of rotatable bonds is 8. The number of aromatic amines is 1. The number of hydrogen-bond acceptors (Lipinski definition) is 6. The van der Waals surface area contributed by atoms with Crippen LogP contribution in [0.25, 0.3) is 11.4 Å². The van der Waals surface area contributed by atoms with Gasteiger partial charge in [-0.15, -0.1) is 0 Å². The van der Waals surface area contributed by atoms with Crippen LogP contribution in [0.5, 0.6) is 11.5 Å². The van der Waals surface area contributed by atoms with Crippen LogP contribution in [0.3, 0.4) is 0 Å². The smallest absolute Gasteiger partial charge is 0.227 e. The van der Waals surface area contributed by atoms with Gasteiger partial charge >= 0.3 is 0 Å². The molecule has 0 saturated heterocycles. The molecule has 164 valence electrons. The molecule has 0 aliphatic heterocycles. The summed E-state index contributed by atoms with van der Waals surface area (Å²) in [5, 5.41) is 3.28. The van der Waals surface area contributed by atoms with Gasteiger partial charge in [0.1, 0.15) is 17.3 Å². The minimum atomic E-state index is 0.295. The topological polar surface area (TPSA) is 85.0 Å². The molecule has 0 radical (unpaired) electrons. The first-order valence-electron chi connectivity index (χ1n) is 10.5. The molecule has 2 aromatic carbocycles. The predicted octanol–water partition coefficient (Wildman–Crippen LogP) is 5.28. The first-order chi connectivity index (χ1) is 15.6. The zero-order valence-corrected chi connectivity index (χ0v) is 18.7. The van der Waals surface area contributed by atoms with E-state index in [-0.39, 0.29) is 0 Å². The van der Waals surface area contributed by atoms with Crippen molar-refractivity contribution < 1.29 is 9.47 Å². The minimum Gasteiger partial charge on any atom is -0.497 e. The zero-order chi connectivity index (χ0) is 22.5. The summed E-state index contributed by atoms with van der Waals surface area (Å²) >= 11 is 0. The van der Waals surface area contributed by atoms with Crippen LogP contribution in [-0.2, 0) is 6.42 Å². The number of nitrogens with one attached hydrogen (secondary N) is 2. The Bertz CT molecular complexity index is 1200. The molecule has 4 rings (SSSR count). The van der Waals surface area contributed by atoms with E-state index in [4.69, 9.17) is 14.5 Å². The van der Waals surface area contributed by atoms with Gasteiger partial charge in [-0.3, -0.25) is 0 Å². The van der Waals surface area contributed by atoms with Crippen molar-refractivity contribution in [1.82, 2.24) is 19.9 Å². The zero-order valence-electron chi connectivity index (χ0n) is 18.7. The Morgan fingerprint density at radius 3 is 2.66 bits per heavy atom. The lowest BCUT2D eigenvalue weighted by Crippen LogP contribution is -2.04. The maximum Gasteiger partial charge on any atom is 0.227 e. The monoisotopic (exact) mass is 429 g/mol. The average molecular weight is 430 g/mol. The number of H-pyrrole nitrogens is 1. The average Bonchev–Trinajstić information content (AvgIpc) is 3.25. The van der Waals surface area contributed by atoms with Crippen LogP contribution >= 0.6 is 0 Å². The number of aromatic nitrogens is 4. The minimum absolute atomic E-state index is 0.295. The third-order valence-electron chi connectivity index (χ3n) is 5.31. The molecule has 7 nitrogen and oxygen atoms in total. The second kappa shape index (κ2) is 9.51. The SMILES string of the molecule is COc1cccc(C(C)Cc2ccnc(Nc3ccc(-c4nc(C)c[nH]4)c(OC)c3)n2)c1. The number of ether oxygens (including phenoxy) is 2. The summed E-state index contributed by atoms with van der Waals surface area (Å²) in [6.07, 6.45) is 4.44. The molecule has 0 fully saturated rings. The van der Waals surface area contributed by atoms with Gasteiger partial charge in [-0.2, -0.15) is 0 Å². The van der Waals surface area contributed by atoms with Crippen LogP contribution in [0.1, 0.15) is 29.8 Å². The van der Waals surface area contributed by atoms with E-state index < -0.39 is 0 Å². The molecule has 2 heterocycles. The molecule has 32 heavy (non-hydrogen) atoms. The summed E-state index contributed by atoms with van der Waals surface area (Å²) in [6, 6.07) is 15.9. The van der Waals surface area contributed by atoms with E-state index in [0.717, 1.165) is 40.6 Å². The number of anilines is 2. The third kappa shape index (κ3) is 4.88. The van der Waals surface area contributed by atoms with Gasteiger partial charge in [0.15, 0.2) is 0 Å². The van der Waals surface area contributed by atoms with Gasteiger partial charge in [0.2, 0.25) is 5.95 Å². The van der Waals surface area contributed by atoms with E-state index >= 15 is 0 Å². The lowest BCUT2D eigenvalue weighted by molar-refractivity contribution is 0.414. The Morgan fingerprint density at radius 1 is 1.03 bits per heavy atom. The Morgan fingerprint density at radius 2 is 1.91 bits per heavy atom. The first kappa shape index (κ1) is 21.4. The molecule has 2 N–H and O–H groups in total. The van der Waals surface area contributed by atoms with Crippen molar-refractivity contribution in [3.05, 3.63) is 77.9 Å². The van der Waals surface area contributed by atoms with E-state index in [9.17, 15) is 0 Å². The highest BCUT2D eigenvalue weighted by atomic mass is 16.5. The summed E-state index contributed by atoms with van der Waals surface area (Å²) in [4.78, 5) is 16.7. The lowest BCUT2D eigenvalue weighted by Gasteiger charge is -2.14. The normalized spacial score (nSPS) is 11.8. The molecular formula is C25H27N5O2. The number of benzene rings is 2. The third-order valence-corrected chi connectivity index (χ3v) is 5.31. The Kier molecular flexibility index (Phi) is 6.35. The first-order valence-corrected chi connectivity index (χ1v) is 10.5. The molecule has 4 aromatic rings. The summed E-state index contributed by atoms with van der Waals surface area (Å²) in [5.74, 6) is 3.19. The molecule has 0 amide bonds. The van der Waals surface area contributed by atoms with Crippen molar-refractivity contribution in [2.24, 2.45) is 0 Å². The van der Waals surface area contributed by atoms with Crippen molar-refractivity contribution in [2.75, 3.05) is 19.5 Å². The molecule has 7 heteroatoms. The van der Waals surface area contributed by atoms with Crippen LogP contribution < -0.4 is 14.8 Å². The van der Waals surface area contributed by atoms with Gasteiger partial charge in [-0.05, 0) is 55.2 Å². The molecule has 0 aliphatic rings. The van der Waals surface area contributed by atoms with Gasteiger partial charge in [0, 0.05) is 29.8 Å². The molecule has 1 atom stereocenters. The van der Waals surface area contributed by atoms with Crippen LogP contribution in [-0.4, -0.2) is 34.2 Å². The highest BCUT2D eigenvalue weighted by Gasteiger charge is 2.12. The van der Waals surface area contributed by atoms with E-state index in [2.05, 4.69) is 39.3 Å². The lowest BCUT2D eigenvalue weighted by atomic mass is 9.96. The van der Waals surface area contributed by atoms with Crippen molar-refractivity contribution in [1.29, 1.82) is 0 Å². The molecule has 1 unspecified atom stereocenters. The Balaban J connectivity index is 1.50. The van der Waals surface area contributed by atoms with Crippen molar-refractivity contribution in [2.45, 2.75) is 26.2 Å². The number of nitrogens with zero attached hydrogens (tertiary/aromatic N) is 3. The van der Waals surface area contributed by atoms with Gasteiger partial charge in [-0.1, -0.05) is 19.1 Å². The fourth-order valence-corrected chi connectivity index (χ4v) is 3.59. The maximum absolute atomic E-state index is 5.58. The Labute approximate surface area is 187 Å². The van der Waals surface area contributed by atoms with Gasteiger partial charge in [0.05, 0.1) is 25.5 Å². The summed E-state index contributed by atoms with van der Waals surface area (Å²) in [7, 11) is 3.33. The van der Waals surface area contributed by atoms with Gasteiger partial charge in [0.25, 0.3) is 0 Å². The number of imidazole rings is 1. The predicted molar refractivity (Wildman–Crippen MR) is 126 cm³/mol. The molecule has 2 aromatic heterocycles.